The van der Waals surface area contributed by atoms with Crippen molar-refractivity contribution in [2.75, 3.05) is 0 Å². The molecule has 5 heteroatoms. The van der Waals surface area contributed by atoms with E-state index in [1.807, 2.05) is 12.1 Å². The Balaban J connectivity index is 0.990. The van der Waals surface area contributed by atoms with E-state index in [0.29, 0.717) is 48.9 Å². The fourth-order valence-electron chi connectivity index (χ4n) is 21.5. The molecule has 0 aromatic heterocycles. The summed E-state index contributed by atoms with van der Waals surface area (Å²) in [6, 6.07) is 36.9. The number of carboxylic acid groups (broad SMARTS) is 1. The molecule has 0 aliphatic heterocycles. The summed E-state index contributed by atoms with van der Waals surface area (Å²) in [6.07, 6.45) is 27.7. The van der Waals surface area contributed by atoms with Crippen LogP contribution in [0.15, 0.2) is 150 Å². The van der Waals surface area contributed by atoms with Crippen LogP contribution in [-0.4, -0.2) is 38.6 Å². The van der Waals surface area contributed by atoms with Crippen LogP contribution in [0.3, 0.4) is 0 Å². The number of aliphatic hydroxyl groups is 2. The SMILES string of the molecule is C=C(CC[C@@H](C(=O)O)[C@H]1[C@H](O)C[C@@]2(C3CCC(Cc4ccccc4)CC3)C3=C(CC[C@]12C)[C@]12CC[C@H](O)[C@@]4(C)CC=C(CC(C)C)[C@@](C=C5C(Cc6cccc(-c7ccc(O)cc7)c6)=c6ccccc6=C[C@@H]51)(C3)[C@@H]42)[C@@H](C)C1CCCCC1. The average Bonchev–Trinajstić information content (AvgIpc) is 1.02. The molecular formula is C77H94O5. The molecule has 0 amide bonds. The summed E-state index contributed by atoms with van der Waals surface area (Å²) >= 11 is 0. The summed E-state index contributed by atoms with van der Waals surface area (Å²) in [4.78, 5) is 14.3. The molecule has 0 heterocycles. The van der Waals surface area contributed by atoms with E-state index in [9.17, 15) is 25.2 Å². The molecule has 0 saturated heterocycles. The highest BCUT2D eigenvalue weighted by atomic mass is 16.4. The van der Waals surface area contributed by atoms with E-state index in [-0.39, 0.29) is 45.2 Å². The zero-order valence-corrected chi connectivity index (χ0v) is 50.2. The number of hydrogen-bond donors (Lipinski definition) is 4. The molecule has 9 aliphatic carbocycles. The number of rotatable bonds is 15. The maximum absolute atomic E-state index is 14.3. The van der Waals surface area contributed by atoms with E-state index >= 15 is 0 Å². The number of phenols is 1. The lowest BCUT2D eigenvalue weighted by molar-refractivity contribution is -0.168. The molecule has 2 bridgehead atoms. The van der Waals surface area contributed by atoms with E-state index in [0.717, 1.165) is 94.6 Å². The lowest BCUT2D eigenvalue weighted by atomic mass is 9.29. The van der Waals surface area contributed by atoms with Crippen molar-refractivity contribution >= 4 is 17.6 Å². The third-order valence-electron chi connectivity index (χ3n) is 25.1. The van der Waals surface area contributed by atoms with Gasteiger partial charge in [0, 0.05) is 33.5 Å². The highest BCUT2D eigenvalue weighted by Gasteiger charge is 2.77. The molecule has 4 aromatic carbocycles. The van der Waals surface area contributed by atoms with Gasteiger partial charge < -0.3 is 20.4 Å². The fraction of sp³-hybridized carbons (Fsp3) is 0.545. The summed E-state index contributed by atoms with van der Waals surface area (Å²) in [5.74, 6) is 1.08. The predicted octanol–water partition coefficient (Wildman–Crippen LogP) is 16.1. The lowest BCUT2D eigenvalue weighted by Gasteiger charge is -2.74. The Morgan fingerprint density at radius 1 is 0.780 bits per heavy atom. The van der Waals surface area contributed by atoms with Gasteiger partial charge in [0.05, 0.1) is 18.1 Å². The number of allylic oxidation sites excluding steroid dienone is 7. The van der Waals surface area contributed by atoms with Crippen LogP contribution in [0.4, 0.5) is 0 Å². The van der Waals surface area contributed by atoms with E-state index in [2.05, 4.69) is 132 Å². The minimum absolute atomic E-state index is 0.0837. The molecule has 0 radical (unpaired) electrons. The molecule has 82 heavy (non-hydrogen) atoms. The van der Waals surface area contributed by atoms with Crippen molar-refractivity contribution < 1.29 is 25.2 Å². The van der Waals surface area contributed by atoms with Gasteiger partial charge in [-0.25, -0.2) is 0 Å². The molecule has 0 spiro atoms. The number of hydrogen-bond acceptors (Lipinski definition) is 4. The maximum atomic E-state index is 14.3. The summed E-state index contributed by atoms with van der Waals surface area (Å²) in [5.41, 5.74) is 12.0. The Hall–Kier alpha value is -5.23. The number of carboxylic acids is 1. The van der Waals surface area contributed by atoms with Crippen molar-refractivity contribution in [3.63, 3.8) is 0 Å². The number of phenolic OH excluding ortho intramolecular Hbond substituents is 1. The maximum Gasteiger partial charge on any atom is 0.306 e. The molecule has 0 unspecified atom stereocenters. The molecule has 12 atom stereocenters. The van der Waals surface area contributed by atoms with Crippen LogP contribution >= 0.6 is 0 Å². The van der Waals surface area contributed by atoms with Crippen molar-refractivity contribution in [1.82, 2.24) is 0 Å². The summed E-state index contributed by atoms with van der Waals surface area (Å²) < 4.78 is 0. The first-order valence-corrected chi connectivity index (χ1v) is 32.7. The molecule has 13 rings (SSSR count). The van der Waals surface area contributed by atoms with E-state index in [1.54, 1.807) is 28.9 Å². The zero-order chi connectivity index (χ0) is 56.9. The minimum atomic E-state index is -0.741. The molecule has 9 aliphatic rings. The standard InChI is InChI=1S/C77H94O5/c1-48(2)40-59-34-37-73(5)69(80)36-39-76-65-35-38-74(6)70(62(71(81)82)33-24-49(3)50(4)54-19-11-8-12-20-54)68(79)47-77(74,58-29-25-52(26-30-58)41-51-16-9-7-10-17-51)67(65)46-75(59,72(73)76)45-64-63(61-23-14-13-21-57(61)44-66(64)76)43-53-18-15-22-56(42-53)55-27-31-60(78)32-28-55/h7,9-10,13-18,21-23,27-28,31-32,34,42,44-45,48,50,52,54,58,62,66,68-70,72,78-80H,3,8,11-12,19-20,24-26,29-30,33,35-41,43,46-47H2,1-2,4-6H3,(H,81,82)/t50-,52?,58?,62-,66+,68-,69+,70+,72-,73-,74-,75-,76-,77-/m1/s1. The largest absolute Gasteiger partial charge is 0.508 e. The highest BCUT2D eigenvalue weighted by molar-refractivity contribution is 5.78. The molecule has 432 valence electrons. The summed E-state index contributed by atoms with van der Waals surface area (Å²) in [7, 11) is 0. The monoisotopic (exact) mass is 1100 g/mol. The first-order valence-electron chi connectivity index (χ1n) is 32.7. The highest BCUT2D eigenvalue weighted by Crippen LogP contribution is 2.83. The lowest BCUT2D eigenvalue weighted by Crippen LogP contribution is -2.69. The summed E-state index contributed by atoms with van der Waals surface area (Å²) in [5, 5.41) is 50.9. The third kappa shape index (κ3) is 8.82. The molecule has 4 N–H and O–H groups in total. The minimum Gasteiger partial charge on any atom is -0.508 e. The van der Waals surface area contributed by atoms with Crippen LogP contribution in [-0.2, 0) is 17.6 Å². The Labute approximate surface area is 490 Å². The second-order valence-electron chi connectivity index (χ2n) is 29.4. The van der Waals surface area contributed by atoms with E-state index in [4.69, 9.17) is 6.58 Å². The van der Waals surface area contributed by atoms with Gasteiger partial charge in [-0.05, 0) is 212 Å². The van der Waals surface area contributed by atoms with Crippen molar-refractivity contribution in [3.05, 3.63) is 171 Å². The van der Waals surface area contributed by atoms with Gasteiger partial charge >= 0.3 is 5.97 Å². The zero-order valence-electron chi connectivity index (χ0n) is 50.2. The van der Waals surface area contributed by atoms with Gasteiger partial charge in [0.15, 0.2) is 0 Å². The van der Waals surface area contributed by atoms with Crippen LogP contribution in [0, 0.1) is 80.3 Å². The number of aliphatic carboxylic acids is 1. The van der Waals surface area contributed by atoms with Crippen molar-refractivity contribution in [1.29, 1.82) is 0 Å². The van der Waals surface area contributed by atoms with Gasteiger partial charge in [0.2, 0.25) is 0 Å². The van der Waals surface area contributed by atoms with Crippen molar-refractivity contribution in [2.45, 2.75) is 182 Å². The Kier molecular flexibility index (Phi) is 14.6. The van der Waals surface area contributed by atoms with Gasteiger partial charge in [0.25, 0.3) is 0 Å². The van der Waals surface area contributed by atoms with Crippen LogP contribution in [0.2, 0.25) is 0 Å². The second kappa shape index (κ2) is 21.4. The number of carbonyl (C=O) groups is 1. The topological polar surface area (TPSA) is 98.0 Å². The molecular weight excluding hydrogens is 1000 g/mol. The van der Waals surface area contributed by atoms with Gasteiger partial charge in [-0.1, -0.05) is 192 Å². The van der Waals surface area contributed by atoms with Crippen molar-refractivity contribution in [2.24, 2.45) is 80.3 Å². The molecule has 5 nitrogen and oxygen atoms in total. The second-order valence-corrected chi connectivity index (χ2v) is 29.4. The van der Waals surface area contributed by atoms with E-state index < -0.39 is 29.5 Å². The van der Waals surface area contributed by atoms with Gasteiger partial charge in [-0.3, -0.25) is 4.79 Å². The number of aromatic hydroxyl groups is 1. The fourth-order valence-corrected chi connectivity index (χ4v) is 21.5. The van der Waals surface area contributed by atoms with Gasteiger partial charge in [-0.15, -0.1) is 0 Å². The number of aliphatic hydroxyl groups excluding tert-OH is 2. The number of fused-ring (bicyclic) bond motifs is 4. The Bertz CT molecular complexity index is 3330. The molecule has 4 saturated carbocycles. The van der Waals surface area contributed by atoms with Crippen LogP contribution in [0.25, 0.3) is 22.8 Å². The smallest absolute Gasteiger partial charge is 0.306 e. The predicted molar refractivity (Wildman–Crippen MR) is 333 cm³/mol. The first kappa shape index (κ1) is 55.9. The third-order valence-corrected chi connectivity index (χ3v) is 25.1. The van der Waals surface area contributed by atoms with Crippen molar-refractivity contribution in [3.8, 4) is 16.9 Å². The Morgan fingerprint density at radius 2 is 1.51 bits per heavy atom. The Morgan fingerprint density at radius 3 is 2.26 bits per heavy atom. The van der Waals surface area contributed by atoms with E-state index in [1.165, 1.54) is 70.4 Å². The van der Waals surface area contributed by atoms with Crippen LogP contribution < -0.4 is 10.4 Å². The average molecular weight is 1100 g/mol. The quantitative estimate of drug-likeness (QED) is 0.0889. The van der Waals surface area contributed by atoms with Gasteiger partial charge in [0.1, 0.15) is 5.75 Å². The van der Waals surface area contributed by atoms with Crippen LogP contribution in [0.5, 0.6) is 5.75 Å². The van der Waals surface area contributed by atoms with Gasteiger partial charge in [-0.2, -0.15) is 0 Å². The first-order chi connectivity index (χ1) is 39.5. The molecule has 4 fully saturated rings. The normalized spacial score (nSPS) is 35.4. The van der Waals surface area contributed by atoms with Crippen LogP contribution in [0.1, 0.15) is 168 Å². The number of benzene rings is 4. The molecule has 4 aromatic rings. The summed E-state index contributed by atoms with van der Waals surface area (Å²) in [6.45, 7) is 16.8.